The van der Waals surface area contributed by atoms with Crippen LogP contribution in [0.5, 0.6) is 0 Å². The van der Waals surface area contributed by atoms with Gasteiger partial charge >= 0.3 is 0 Å². The summed E-state index contributed by atoms with van der Waals surface area (Å²) < 4.78 is 13.9. The minimum absolute atomic E-state index is 0.199. The van der Waals surface area contributed by atoms with Crippen LogP contribution in [0.3, 0.4) is 0 Å². The summed E-state index contributed by atoms with van der Waals surface area (Å²) in [6.07, 6.45) is 0. The molecule has 5 nitrogen and oxygen atoms in total. The van der Waals surface area contributed by atoms with Crippen LogP contribution in [-0.4, -0.2) is 21.3 Å². The van der Waals surface area contributed by atoms with E-state index in [-0.39, 0.29) is 24.0 Å². The highest BCUT2D eigenvalue weighted by Gasteiger charge is 2.17. The quantitative estimate of drug-likeness (QED) is 0.735. The molecule has 1 aromatic heterocycles. The Balaban J connectivity index is 1.74. The number of halogens is 2. The SMILES string of the molecule is O=C(NCc1ccc(Br)c(F)c1)c1n[nH]nc1-c1ccccc1. The molecule has 2 N–H and O–H groups in total. The molecule has 1 amide bonds. The van der Waals surface area contributed by atoms with E-state index in [2.05, 4.69) is 36.7 Å². The molecule has 0 radical (unpaired) electrons. The molecule has 0 unspecified atom stereocenters. The summed E-state index contributed by atoms with van der Waals surface area (Å²) in [5.74, 6) is -0.746. The van der Waals surface area contributed by atoms with Crippen molar-refractivity contribution in [3.05, 3.63) is 70.1 Å². The minimum Gasteiger partial charge on any atom is -0.346 e. The average Bonchev–Trinajstić information content (AvgIpc) is 3.06. The van der Waals surface area contributed by atoms with Gasteiger partial charge in [0.05, 0.1) is 4.47 Å². The zero-order valence-electron chi connectivity index (χ0n) is 11.9. The molecule has 0 bridgehead atoms. The van der Waals surface area contributed by atoms with Gasteiger partial charge in [-0.3, -0.25) is 4.79 Å². The molecule has 0 fully saturated rings. The lowest BCUT2D eigenvalue weighted by molar-refractivity contribution is 0.0946. The first-order valence-electron chi connectivity index (χ1n) is 6.83. The van der Waals surface area contributed by atoms with Crippen molar-refractivity contribution in [1.82, 2.24) is 20.7 Å². The van der Waals surface area contributed by atoms with Crippen LogP contribution in [0.25, 0.3) is 11.3 Å². The lowest BCUT2D eigenvalue weighted by Crippen LogP contribution is -2.23. The Hall–Kier alpha value is -2.54. The van der Waals surface area contributed by atoms with Gasteiger partial charge in [-0.05, 0) is 33.6 Å². The maximum absolute atomic E-state index is 13.5. The third-order valence-electron chi connectivity index (χ3n) is 3.25. The summed E-state index contributed by atoms with van der Waals surface area (Å²) in [4.78, 5) is 12.3. The van der Waals surface area contributed by atoms with Crippen molar-refractivity contribution in [3.8, 4) is 11.3 Å². The van der Waals surface area contributed by atoms with E-state index in [4.69, 9.17) is 0 Å². The third-order valence-corrected chi connectivity index (χ3v) is 3.89. The molecule has 23 heavy (non-hydrogen) atoms. The highest BCUT2D eigenvalue weighted by molar-refractivity contribution is 9.10. The molecule has 0 saturated heterocycles. The van der Waals surface area contributed by atoms with E-state index >= 15 is 0 Å². The molecule has 0 spiro atoms. The summed E-state index contributed by atoms with van der Waals surface area (Å²) in [5, 5.41) is 13.1. The predicted octanol–water partition coefficient (Wildman–Crippen LogP) is 3.30. The summed E-state index contributed by atoms with van der Waals surface area (Å²) in [6.45, 7) is 0.199. The van der Waals surface area contributed by atoms with E-state index in [9.17, 15) is 9.18 Å². The van der Waals surface area contributed by atoms with Crippen molar-refractivity contribution in [2.24, 2.45) is 0 Å². The van der Waals surface area contributed by atoms with Crippen molar-refractivity contribution in [3.63, 3.8) is 0 Å². The number of nitrogens with zero attached hydrogens (tertiary/aromatic N) is 2. The Morgan fingerprint density at radius 1 is 1.17 bits per heavy atom. The molecule has 0 aliphatic rings. The summed E-state index contributed by atoms with van der Waals surface area (Å²) in [6, 6.07) is 14.0. The largest absolute Gasteiger partial charge is 0.346 e. The second kappa shape index (κ2) is 6.70. The van der Waals surface area contributed by atoms with Crippen molar-refractivity contribution >= 4 is 21.8 Å². The van der Waals surface area contributed by atoms with E-state index in [1.807, 2.05) is 30.3 Å². The van der Waals surface area contributed by atoms with Gasteiger partial charge < -0.3 is 5.32 Å². The number of rotatable bonds is 4. The van der Waals surface area contributed by atoms with Gasteiger partial charge in [-0.15, -0.1) is 0 Å². The molecule has 1 heterocycles. The number of carbonyl (C=O) groups excluding carboxylic acids is 1. The number of carbonyl (C=O) groups is 1. The molecular formula is C16H12BrFN4O. The number of amides is 1. The lowest BCUT2D eigenvalue weighted by atomic mass is 10.1. The fourth-order valence-electron chi connectivity index (χ4n) is 2.10. The van der Waals surface area contributed by atoms with Crippen molar-refractivity contribution < 1.29 is 9.18 Å². The number of aromatic amines is 1. The van der Waals surface area contributed by atoms with Crippen molar-refractivity contribution in [2.45, 2.75) is 6.54 Å². The van der Waals surface area contributed by atoms with Gasteiger partial charge in [-0.25, -0.2) is 4.39 Å². The van der Waals surface area contributed by atoms with Crippen LogP contribution >= 0.6 is 15.9 Å². The average molecular weight is 375 g/mol. The first-order chi connectivity index (χ1) is 11.1. The molecule has 116 valence electrons. The second-order valence-electron chi connectivity index (χ2n) is 4.82. The molecule has 7 heteroatoms. The van der Waals surface area contributed by atoms with Gasteiger partial charge in [-0.2, -0.15) is 15.4 Å². The van der Waals surface area contributed by atoms with Gasteiger partial charge in [-0.1, -0.05) is 36.4 Å². The normalized spacial score (nSPS) is 10.5. The van der Waals surface area contributed by atoms with Gasteiger partial charge in [0.15, 0.2) is 5.69 Å². The Bertz CT molecular complexity index is 835. The van der Waals surface area contributed by atoms with Gasteiger partial charge in [0.2, 0.25) is 0 Å². The van der Waals surface area contributed by atoms with E-state index < -0.39 is 0 Å². The standard InChI is InChI=1S/C16H12BrFN4O/c17-12-7-6-10(8-13(12)18)9-19-16(23)15-14(20-22-21-15)11-4-2-1-3-5-11/h1-8H,9H2,(H,19,23)(H,20,21,22). The second-order valence-corrected chi connectivity index (χ2v) is 5.67. The van der Waals surface area contributed by atoms with E-state index in [1.54, 1.807) is 12.1 Å². The van der Waals surface area contributed by atoms with Crippen LogP contribution in [0.4, 0.5) is 4.39 Å². The third kappa shape index (κ3) is 3.45. The molecular weight excluding hydrogens is 363 g/mol. The van der Waals surface area contributed by atoms with Crippen LogP contribution in [-0.2, 0) is 6.54 Å². The highest BCUT2D eigenvalue weighted by Crippen LogP contribution is 2.19. The maximum Gasteiger partial charge on any atom is 0.274 e. The zero-order chi connectivity index (χ0) is 16.2. The molecule has 0 atom stereocenters. The lowest BCUT2D eigenvalue weighted by Gasteiger charge is -2.05. The topological polar surface area (TPSA) is 70.7 Å². The smallest absolute Gasteiger partial charge is 0.274 e. The highest BCUT2D eigenvalue weighted by atomic mass is 79.9. The zero-order valence-corrected chi connectivity index (χ0v) is 13.5. The van der Waals surface area contributed by atoms with Crippen LogP contribution < -0.4 is 5.32 Å². The number of hydrogen-bond acceptors (Lipinski definition) is 3. The number of aromatic nitrogens is 3. The summed E-state index contributed by atoms with van der Waals surface area (Å²) >= 11 is 3.09. The first-order valence-corrected chi connectivity index (χ1v) is 7.63. The fraction of sp³-hybridized carbons (Fsp3) is 0.0625. The molecule has 3 rings (SSSR count). The Labute approximate surface area is 140 Å². The van der Waals surface area contributed by atoms with Crippen molar-refractivity contribution in [1.29, 1.82) is 0 Å². The number of H-pyrrole nitrogens is 1. The number of nitrogens with one attached hydrogen (secondary N) is 2. The summed E-state index contributed by atoms with van der Waals surface area (Å²) in [7, 11) is 0. The Morgan fingerprint density at radius 3 is 2.70 bits per heavy atom. The Morgan fingerprint density at radius 2 is 1.96 bits per heavy atom. The molecule has 0 aliphatic heterocycles. The number of hydrogen-bond donors (Lipinski definition) is 2. The van der Waals surface area contributed by atoms with Gasteiger partial charge in [0, 0.05) is 12.1 Å². The first kappa shape index (κ1) is 15.4. The fourth-order valence-corrected chi connectivity index (χ4v) is 2.35. The van der Waals surface area contributed by atoms with Crippen LogP contribution in [0.15, 0.2) is 53.0 Å². The molecule has 0 saturated carbocycles. The van der Waals surface area contributed by atoms with Crippen LogP contribution in [0.2, 0.25) is 0 Å². The van der Waals surface area contributed by atoms with E-state index in [1.165, 1.54) is 6.07 Å². The minimum atomic E-state index is -0.374. The van der Waals surface area contributed by atoms with Gasteiger partial charge in [0.1, 0.15) is 11.5 Å². The van der Waals surface area contributed by atoms with Crippen molar-refractivity contribution in [2.75, 3.05) is 0 Å². The predicted molar refractivity (Wildman–Crippen MR) is 87.1 cm³/mol. The monoisotopic (exact) mass is 374 g/mol. The maximum atomic E-state index is 13.5. The van der Waals surface area contributed by atoms with Crippen LogP contribution in [0, 0.1) is 5.82 Å². The van der Waals surface area contributed by atoms with Crippen LogP contribution in [0.1, 0.15) is 16.1 Å². The van der Waals surface area contributed by atoms with E-state index in [0.717, 1.165) is 5.56 Å². The molecule has 2 aromatic carbocycles. The molecule has 3 aromatic rings. The van der Waals surface area contributed by atoms with E-state index in [0.29, 0.717) is 15.7 Å². The molecule has 0 aliphatic carbocycles. The summed E-state index contributed by atoms with van der Waals surface area (Å²) in [5.41, 5.74) is 2.13. The Kier molecular flexibility index (Phi) is 4.47. The number of benzene rings is 2. The van der Waals surface area contributed by atoms with Gasteiger partial charge in [0.25, 0.3) is 5.91 Å².